The standard InChI is InChI=1S/C15H14ClFN2O2/c1-8-12(17)5-10(15(18)21)6-13(8)19-7-9-2-3-14(20)11(16)4-9/h2-6,19-20H,7H2,1H3,(H2,18,21). The number of anilines is 1. The summed E-state index contributed by atoms with van der Waals surface area (Å²) in [7, 11) is 0. The number of amides is 1. The third-order valence-electron chi connectivity index (χ3n) is 3.12. The summed E-state index contributed by atoms with van der Waals surface area (Å²) in [6.07, 6.45) is 0. The van der Waals surface area contributed by atoms with Gasteiger partial charge in [-0.1, -0.05) is 17.7 Å². The molecule has 110 valence electrons. The molecule has 0 saturated heterocycles. The number of rotatable bonds is 4. The Hall–Kier alpha value is -2.27. The number of aromatic hydroxyl groups is 1. The SMILES string of the molecule is Cc1c(F)cc(C(N)=O)cc1NCc1ccc(O)c(Cl)c1. The minimum absolute atomic E-state index is 0.00151. The topological polar surface area (TPSA) is 75.4 Å². The summed E-state index contributed by atoms with van der Waals surface area (Å²) in [6.45, 7) is 1.97. The zero-order valence-electron chi connectivity index (χ0n) is 11.3. The quantitative estimate of drug-likeness (QED) is 0.812. The van der Waals surface area contributed by atoms with Gasteiger partial charge in [0.1, 0.15) is 11.6 Å². The number of phenolic OH excluding ortho intramolecular Hbond substituents is 1. The van der Waals surface area contributed by atoms with E-state index in [1.165, 1.54) is 12.1 Å². The van der Waals surface area contributed by atoms with E-state index >= 15 is 0 Å². The van der Waals surface area contributed by atoms with E-state index in [2.05, 4.69) is 5.32 Å². The molecule has 2 aromatic carbocycles. The van der Waals surface area contributed by atoms with Gasteiger partial charge in [0.05, 0.1) is 5.02 Å². The van der Waals surface area contributed by atoms with Crippen molar-refractivity contribution in [3.8, 4) is 5.75 Å². The highest BCUT2D eigenvalue weighted by atomic mass is 35.5. The van der Waals surface area contributed by atoms with Crippen LogP contribution in [0.1, 0.15) is 21.5 Å². The van der Waals surface area contributed by atoms with Crippen LogP contribution in [0.3, 0.4) is 0 Å². The molecule has 0 aliphatic carbocycles. The van der Waals surface area contributed by atoms with Gasteiger partial charge < -0.3 is 16.2 Å². The number of hydrogen-bond acceptors (Lipinski definition) is 3. The molecule has 0 radical (unpaired) electrons. The number of nitrogens with one attached hydrogen (secondary N) is 1. The highest BCUT2D eigenvalue weighted by Gasteiger charge is 2.10. The predicted octanol–water partition coefficient (Wildman–Crippen LogP) is 3.20. The number of nitrogens with two attached hydrogens (primary N) is 1. The van der Waals surface area contributed by atoms with Crippen molar-refractivity contribution in [2.75, 3.05) is 5.32 Å². The molecule has 0 heterocycles. The normalized spacial score (nSPS) is 10.4. The molecule has 0 atom stereocenters. The van der Waals surface area contributed by atoms with E-state index in [4.69, 9.17) is 17.3 Å². The molecule has 6 heteroatoms. The lowest BCUT2D eigenvalue weighted by atomic mass is 10.1. The molecule has 21 heavy (non-hydrogen) atoms. The monoisotopic (exact) mass is 308 g/mol. The lowest BCUT2D eigenvalue weighted by Gasteiger charge is -2.12. The van der Waals surface area contributed by atoms with Gasteiger partial charge in [0, 0.05) is 23.4 Å². The van der Waals surface area contributed by atoms with Crippen molar-refractivity contribution in [1.29, 1.82) is 0 Å². The van der Waals surface area contributed by atoms with E-state index in [1.54, 1.807) is 19.1 Å². The van der Waals surface area contributed by atoms with Crippen molar-refractivity contribution < 1.29 is 14.3 Å². The first kappa shape index (κ1) is 15.1. The van der Waals surface area contributed by atoms with E-state index in [0.717, 1.165) is 11.6 Å². The molecule has 0 aromatic heterocycles. The Labute approximate surface area is 126 Å². The van der Waals surface area contributed by atoms with Crippen LogP contribution in [0.4, 0.5) is 10.1 Å². The van der Waals surface area contributed by atoms with Gasteiger partial charge in [-0.2, -0.15) is 0 Å². The number of primary amides is 1. The highest BCUT2D eigenvalue weighted by Crippen LogP contribution is 2.25. The third kappa shape index (κ3) is 3.44. The van der Waals surface area contributed by atoms with Crippen LogP contribution < -0.4 is 11.1 Å². The Morgan fingerprint density at radius 1 is 1.38 bits per heavy atom. The van der Waals surface area contributed by atoms with Crippen molar-refractivity contribution in [1.82, 2.24) is 0 Å². The van der Waals surface area contributed by atoms with E-state index in [0.29, 0.717) is 17.8 Å². The van der Waals surface area contributed by atoms with Gasteiger partial charge in [-0.3, -0.25) is 4.79 Å². The second-order valence-corrected chi connectivity index (χ2v) is 5.04. The van der Waals surface area contributed by atoms with Gasteiger partial charge >= 0.3 is 0 Å². The molecule has 2 aromatic rings. The second-order valence-electron chi connectivity index (χ2n) is 4.63. The lowest BCUT2D eigenvalue weighted by molar-refractivity contribution is 0.1000. The van der Waals surface area contributed by atoms with E-state index < -0.39 is 11.7 Å². The van der Waals surface area contributed by atoms with Crippen LogP contribution in [0, 0.1) is 12.7 Å². The van der Waals surface area contributed by atoms with Crippen LogP contribution in [0.2, 0.25) is 5.02 Å². The zero-order valence-corrected chi connectivity index (χ0v) is 12.0. The fraction of sp³-hybridized carbons (Fsp3) is 0.133. The lowest BCUT2D eigenvalue weighted by Crippen LogP contribution is -2.13. The minimum Gasteiger partial charge on any atom is -0.506 e. The maximum Gasteiger partial charge on any atom is 0.248 e. The second kappa shape index (κ2) is 6.01. The van der Waals surface area contributed by atoms with Crippen LogP contribution in [0.5, 0.6) is 5.75 Å². The first-order valence-electron chi connectivity index (χ1n) is 6.19. The maximum atomic E-state index is 13.7. The summed E-state index contributed by atoms with van der Waals surface area (Å²) < 4.78 is 13.7. The van der Waals surface area contributed by atoms with Gasteiger partial charge in [-0.25, -0.2) is 4.39 Å². The summed E-state index contributed by atoms with van der Waals surface area (Å²) in [6, 6.07) is 7.39. The van der Waals surface area contributed by atoms with Crippen LogP contribution in [-0.4, -0.2) is 11.0 Å². The predicted molar refractivity (Wildman–Crippen MR) is 80.1 cm³/mol. The largest absolute Gasteiger partial charge is 0.506 e. The molecule has 4 N–H and O–H groups in total. The van der Waals surface area contributed by atoms with Crippen molar-refractivity contribution >= 4 is 23.2 Å². The fourth-order valence-corrected chi connectivity index (χ4v) is 2.07. The van der Waals surface area contributed by atoms with E-state index in [9.17, 15) is 14.3 Å². The average molecular weight is 309 g/mol. The number of halogens is 2. The van der Waals surface area contributed by atoms with Gasteiger partial charge in [-0.05, 0) is 36.8 Å². The van der Waals surface area contributed by atoms with Crippen LogP contribution in [0.25, 0.3) is 0 Å². The first-order chi connectivity index (χ1) is 9.88. The fourth-order valence-electron chi connectivity index (χ4n) is 1.86. The smallest absolute Gasteiger partial charge is 0.248 e. The Kier molecular flexibility index (Phi) is 4.33. The highest BCUT2D eigenvalue weighted by molar-refractivity contribution is 6.32. The number of benzene rings is 2. The Morgan fingerprint density at radius 3 is 2.71 bits per heavy atom. The average Bonchev–Trinajstić information content (AvgIpc) is 2.43. The molecule has 2 rings (SSSR count). The molecule has 0 spiro atoms. The van der Waals surface area contributed by atoms with Gasteiger partial charge in [-0.15, -0.1) is 0 Å². The molecular formula is C15H14ClFN2O2. The van der Waals surface area contributed by atoms with Crippen molar-refractivity contribution in [3.05, 3.63) is 57.9 Å². The van der Waals surface area contributed by atoms with Gasteiger partial charge in [0.25, 0.3) is 0 Å². The maximum absolute atomic E-state index is 13.7. The molecule has 0 aliphatic heterocycles. The van der Waals surface area contributed by atoms with Gasteiger partial charge in [0.15, 0.2) is 0 Å². The summed E-state index contributed by atoms with van der Waals surface area (Å²) >= 11 is 5.82. The molecular weight excluding hydrogens is 295 g/mol. The number of hydrogen-bond donors (Lipinski definition) is 3. The Morgan fingerprint density at radius 2 is 2.10 bits per heavy atom. The van der Waals surface area contributed by atoms with Crippen molar-refractivity contribution in [2.24, 2.45) is 5.73 Å². The van der Waals surface area contributed by atoms with E-state index in [-0.39, 0.29) is 16.3 Å². The summed E-state index contributed by atoms with van der Waals surface area (Å²) in [5, 5.41) is 12.6. The molecule has 0 aliphatic rings. The van der Waals surface area contributed by atoms with Crippen LogP contribution in [0.15, 0.2) is 30.3 Å². The number of carbonyl (C=O) groups excluding carboxylic acids is 1. The molecule has 0 saturated carbocycles. The molecule has 0 bridgehead atoms. The van der Waals surface area contributed by atoms with Crippen molar-refractivity contribution in [2.45, 2.75) is 13.5 Å². The van der Waals surface area contributed by atoms with E-state index in [1.807, 2.05) is 0 Å². The first-order valence-corrected chi connectivity index (χ1v) is 6.57. The molecule has 4 nitrogen and oxygen atoms in total. The van der Waals surface area contributed by atoms with Crippen LogP contribution >= 0.6 is 11.6 Å². The summed E-state index contributed by atoms with van der Waals surface area (Å²) in [5.74, 6) is -1.19. The third-order valence-corrected chi connectivity index (χ3v) is 3.43. The number of phenols is 1. The molecule has 0 unspecified atom stereocenters. The number of carbonyl (C=O) groups is 1. The molecule has 0 fully saturated rings. The Bertz CT molecular complexity index is 704. The van der Waals surface area contributed by atoms with Gasteiger partial charge in [0.2, 0.25) is 5.91 Å². The zero-order chi connectivity index (χ0) is 15.6. The minimum atomic E-state index is -0.690. The Balaban J connectivity index is 2.23. The van der Waals surface area contributed by atoms with Crippen molar-refractivity contribution in [3.63, 3.8) is 0 Å². The summed E-state index contributed by atoms with van der Waals surface area (Å²) in [4.78, 5) is 11.2. The molecule has 1 amide bonds. The summed E-state index contributed by atoms with van der Waals surface area (Å²) in [5.41, 5.74) is 6.95. The van der Waals surface area contributed by atoms with Crippen LogP contribution in [-0.2, 0) is 6.54 Å².